The molecule has 0 spiro atoms. The van der Waals surface area contributed by atoms with Gasteiger partial charge in [-0.15, -0.1) is 0 Å². The van der Waals surface area contributed by atoms with Crippen molar-refractivity contribution in [3.63, 3.8) is 0 Å². The molecule has 0 amide bonds. The Hall–Kier alpha value is -1.75. The minimum absolute atomic E-state index is 0.100. The molecule has 2 rings (SSSR count). The number of Topliss-reactive ketones (excluding diaryl/α,β-unsaturated/α-hetero) is 1. The lowest BCUT2D eigenvalue weighted by Gasteiger charge is -2.15. The number of rotatable bonds is 5. The van der Waals surface area contributed by atoms with Crippen LogP contribution in [0.3, 0.4) is 0 Å². The van der Waals surface area contributed by atoms with Crippen LogP contribution in [-0.4, -0.2) is 18.4 Å². The van der Waals surface area contributed by atoms with Crippen LogP contribution in [0.15, 0.2) is 22.8 Å². The summed E-state index contributed by atoms with van der Waals surface area (Å²) in [6, 6.07) is 1.85. The predicted molar refractivity (Wildman–Crippen MR) is 68.2 cm³/mol. The van der Waals surface area contributed by atoms with Crippen LogP contribution in [0.4, 0.5) is 8.78 Å². The minimum Gasteiger partial charge on any atom is -0.464 e. The summed E-state index contributed by atoms with van der Waals surface area (Å²) in [7, 11) is 0. The normalized spacial score (nSPS) is 12.8. The van der Waals surface area contributed by atoms with Gasteiger partial charge in [-0.2, -0.15) is 0 Å². The number of benzene rings is 1. The molecule has 0 radical (unpaired) electrons. The lowest BCUT2D eigenvalue weighted by atomic mass is 9.99. The van der Waals surface area contributed by atoms with Crippen LogP contribution in [0.5, 0.6) is 0 Å². The fraction of sp³-hybridized carbons (Fsp3) is 0.357. The van der Waals surface area contributed by atoms with E-state index in [4.69, 9.17) is 4.42 Å². The van der Waals surface area contributed by atoms with E-state index in [2.05, 4.69) is 5.32 Å². The molecular formula is C14H15F2NO2. The molecule has 19 heavy (non-hydrogen) atoms. The third kappa shape index (κ3) is 2.38. The number of likely N-dealkylation sites (N-methyl/N-ethyl adjacent to an activating group) is 1. The molecule has 0 aliphatic heterocycles. The van der Waals surface area contributed by atoms with Crippen molar-refractivity contribution < 1.29 is 18.0 Å². The van der Waals surface area contributed by atoms with E-state index in [1.165, 1.54) is 12.3 Å². The van der Waals surface area contributed by atoms with Gasteiger partial charge in [-0.05, 0) is 19.0 Å². The average Bonchev–Trinajstić information content (AvgIpc) is 2.83. The summed E-state index contributed by atoms with van der Waals surface area (Å²) >= 11 is 0. The van der Waals surface area contributed by atoms with Gasteiger partial charge in [0.2, 0.25) is 0 Å². The van der Waals surface area contributed by atoms with Gasteiger partial charge >= 0.3 is 0 Å². The van der Waals surface area contributed by atoms with Crippen LogP contribution in [0.1, 0.15) is 30.6 Å². The average molecular weight is 267 g/mol. The minimum atomic E-state index is -0.888. The van der Waals surface area contributed by atoms with E-state index in [1.54, 1.807) is 6.92 Å². The molecule has 0 aliphatic carbocycles. The topological polar surface area (TPSA) is 42.2 Å². The summed E-state index contributed by atoms with van der Waals surface area (Å²) in [6.07, 6.45) is 1.73. The van der Waals surface area contributed by atoms with E-state index in [0.29, 0.717) is 13.0 Å². The molecule has 3 nitrogen and oxygen atoms in total. The van der Waals surface area contributed by atoms with Crippen molar-refractivity contribution in [2.45, 2.75) is 26.3 Å². The van der Waals surface area contributed by atoms with Crippen LogP contribution in [0.2, 0.25) is 0 Å². The summed E-state index contributed by atoms with van der Waals surface area (Å²) in [5.74, 6) is -2.31. The Labute approximate surface area is 109 Å². The van der Waals surface area contributed by atoms with Gasteiger partial charge in [-0.1, -0.05) is 13.8 Å². The third-order valence-corrected chi connectivity index (χ3v) is 3.07. The van der Waals surface area contributed by atoms with Gasteiger partial charge in [0.25, 0.3) is 0 Å². The molecule has 0 saturated carbocycles. The molecule has 0 aliphatic rings. The highest BCUT2D eigenvalue weighted by Crippen LogP contribution is 2.26. The summed E-state index contributed by atoms with van der Waals surface area (Å²) in [4.78, 5) is 12.2. The number of fused-ring (bicyclic) bond motifs is 1. The second-order valence-corrected chi connectivity index (χ2v) is 4.26. The summed E-state index contributed by atoms with van der Waals surface area (Å²) in [5.41, 5.74) is -0.398. The molecule has 5 heteroatoms. The van der Waals surface area contributed by atoms with Crippen LogP contribution < -0.4 is 5.32 Å². The van der Waals surface area contributed by atoms with Gasteiger partial charge in [-0.3, -0.25) is 4.79 Å². The van der Waals surface area contributed by atoms with E-state index in [9.17, 15) is 13.6 Å². The number of hydrogen-bond acceptors (Lipinski definition) is 3. The molecule has 1 heterocycles. The number of carbonyl (C=O) groups excluding carboxylic acids is 1. The Morgan fingerprint density at radius 3 is 2.79 bits per heavy atom. The van der Waals surface area contributed by atoms with E-state index in [0.717, 1.165) is 6.07 Å². The van der Waals surface area contributed by atoms with Crippen molar-refractivity contribution in [3.05, 3.63) is 35.6 Å². The molecule has 1 atom stereocenters. The monoisotopic (exact) mass is 267 g/mol. The molecule has 1 N–H and O–H groups in total. The molecular weight excluding hydrogens is 252 g/mol. The zero-order valence-electron chi connectivity index (χ0n) is 10.8. The second kappa shape index (κ2) is 5.48. The Bertz CT molecular complexity index is 607. The van der Waals surface area contributed by atoms with Crippen molar-refractivity contribution in [3.8, 4) is 0 Å². The zero-order chi connectivity index (χ0) is 14.0. The first-order valence-electron chi connectivity index (χ1n) is 6.22. The largest absolute Gasteiger partial charge is 0.464 e. The standard InChI is InChI=1S/C14H15F2NO2/c1-3-10(17-4-2)14(18)12-9(15)7-11-8(13(12)16)5-6-19-11/h5-7,10,17H,3-4H2,1-2H3. The highest BCUT2D eigenvalue weighted by atomic mass is 19.1. The van der Waals surface area contributed by atoms with Gasteiger partial charge < -0.3 is 9.73 Å². The Balaban J connectivity index is 2.51. The Morgan fingerprint density at radius 1 is 1.42 bits per heavy atom. The summed E-state index contributed by atoms with van der Waals surface area (Å²) in [5, 5.41) is 3.04. The van der Waals surface area contributed by atoms with Crippen molar-refractivity contribution in [1.29, 1.82) is 0 Å². The van der Waals surface area contributed by atoms with E-state index >= 15 is 0 Å². The lowest BCUT2D eigenvalue weighted by Crippen LogP contribution is -2.37. The molecule has 0 bridgehead atoms. The smallest absolute Gasteiger partial charge is 0.185 e. The maximum absolute atomic E-state index is 14.2. The van der Waals surface area contributed by atoms with Gasteiger partial charge in [0, 0.05) is 6.07 Å². The quantitative estimate of drug-likeness (QED) is 0.845. The van der Waals surface area contributed by atoms with Crippen LogP contribution in [-0.2, 0) is 0 Å². The van der Waals surface area contributed by atoms with Crippen LogP contribution in [0.25, 0.3) is 11.0 Å². The number of nitrogens with one attached hydrogen (secondary N) is 1. The molecule has 1 aromatic carbocycles. The Morgan fingerprint density at radius 2 is 2.16 bits per heavy atom. The SMILES string of the molecule is CCNC(CC)C(=O)c1c(F)cc2occc2c1F. The number of halogens is 2. The molecule has 0 fully saturated rings. The fourth-order valence-electron chi connectivity index (χ4n) is 2.11. The van der Waals surface area contributed by atoms with Crippen molar-refractivity contribution >= 4 is 16.8 Å². The first-order chi connectivity index (χ1) is 9.10. The molecule has 0 saturated heterocycles. The van der Waals surface area contributed by atoms with Gasteiger partial charge in [0.05, 0.1) is 23.3 Å². The van der Waals surface area contributed by atoms with E-state index < -0.39 is 29.0 Å². The number of ketones is 1. The maximum atomic E-state index is 14.2. The van der Waals surface area contributed by atoms with Gasteiger partial charge in [0.1, 0.15) is 17.2 Å². The van der Waals surface area contributed by atoms with Gasteiger partial charge in [-0.25, -0.2) is 8.78 Å². The highest BCUT2D eigenvalue weighted by molar-refractivity contribution is 6.03. The summed E-state index contributed by atoms with van der Waals surface area (Å²) in [6.45, 7) is 4.18. The van der Waals surface area contributed by atoms with Crippen LogP contribution in [0, 0.1) is 11.6 Å². The van der Waals surface area contributed by atoms with Crippen molar-refractivity contribution in [2.75, 3.05) is 6.54 Å². The summed E-state index contributed by atoms with van der Waals surface area (Å²) < 4.78 is 33.0. The van der Waals surface area contributed by atoms with E-state index in [-0.39, 0.29) is 11.0 Å². The first-order valence-corrected chi connectivity index (χ1v) is 6.22. The number of hydrogen-bond donors (Lipinski definition) is 1. The molecule has 1 unspecified atom stereocenters. The molecule has 1 aromatic heterocycles. The second-order valence-electron chi connectivity index (χ2n) is 4.26. The lowest BCUT2D eigenvalue weighted by molar-refractivity contribution is 0.0933. The number of carbonyl (C=O) groups is 1. The van der Waals surface area contributed by atoms with Crippen molar-refractivity contribution in [1.82, 2.24) is 5.32 Å². The maximum Gasteiger partial charge on any atom is 0.185 e. The molecule has 2 aromatic rings. The third-order valence-electron chi connectivity index (χ3n) is 3.07. The van der Waals surface area contributed by atoms with Crippen LogP contribution >= 0.6 is 0 Å². The van der Waals surface area contributed by atoms with Gasteiger partial charge in [0.15, 0.2) is 5.78 Å². The highest BCUT2D eigenvalue weighted by Gasteiger charge is 2.26. The van der Waals surface area contributed by atoms with Crippen molar-refractivity contribution in [2.24, 2.45) is 0 Å². The van der Waals surface area contributed by atoms with E-state index in [1.807, 2.05) is 6.92 Å². The fourth-order valence-corrected chi connectivity index (χ4v) is 2.11. The molecule has 102 valence electrons. The Kier molecular flexibility index (Phi) is 3.95. The zero-order valence-corrected chi connectivity index (χ0v) is 10.8. The predicted octanol–water partition coefficient (Wildman–Crippen LogP) is 3.28. The first kappa shape index (κ1) is 13.7. The number of furan rings is 1.